The van der Waals surface area contributed by atoms with Crippen LogP contribution in [0, 0.1) is 0 Å². The minimum atomic E-state index is -0.817. The average molecular weight is 873 g/mol. The molecule has 63 heavy (non-hydrogen) atoms. The van der Waals surface area contributed by atoms with Gasteiger partial charge in [0.15, 0.2) is 6.10 Å². The highest BCUT2D eigenvalue weighted by molar-refractivity contribution is 5.71. The molecule has 6 heteroatoms. The van der Waals surface area contributed by atoms with E-state index in [4.69, 9.17) is 14.2 Å². The SMILES string of the molecule is CC/C=C\C/C=C\C/C=C\C/C=C\CCCCC(=O)O[C@H](COC(=O)CCCCC/C=C\C/C=C\C/C=C\C/C=C\CCCCC)COC(=O)CCCCCCC/C=C\CCCC. The number of ether oxygens (including phenoxy) is 3. The summed E-state index contributed by atoms with van der Waals surface area (Å²) in [6, 6.07) is 0. The number of unbranched alkanes of at least 4 members (excludes halogenated alkanes) is 15. The summed E-state index contributed by atoms with van der Waals surface area (Å²) in [5.74, 6) is -1.00. The minimum Gasteiger partial charge on any atom is -0.462 e. The van der Waals surface area contributed by atoms with Crippen LogP contribution < -0.4 is 0 Å². The number of rotatable bonds is 44. The van der Waals surface area contributed by atoms with Gasteiger partial charge in [-0.25, -0.2) is 0 Å². The Balaban J connectivity index is 4.51. The molecule has 0 unspecified atom stereocenters. The fourth-order valence-corrected chi connectivity index (χ4v) is 6.39. The molecule has 0 aromatic heterocycles. The summed E-state index contributed by atoms with van der Waals surface area (Å²) >= 11 is 0. The van der Waals surface area contributed by atoms with Crippen molar-refractivity contribution in [3.8, 4) is 0 Å². The molecule has 0 aliphatic heterocycles. The van der Waals surface area contributed by atoms with E-state index < -0.39 is 6.10 Å². The predicted molar refractivity (Wildman–Crippen MR) is 270 cm³/mol. The molecule has 0 aromatic rings. The molecule has 0 aromatic carbocycles. The summed E-state index contributed by atoms with van der Waals surface area (Å²) in [6.45, 7) is 6.36. The molecule has 0 fully saturated rings. The van der Waals surface area contributed by atoms with Crippen molar-refractivity contribution in [1.82, 2.24) is 0 Å². The van der Waals surface area contributed by atoms with Gasteiger partial charge in [-0.3, -0.25) is 14.4 Å². The van der Waals surface area contributed by atoms with E-state index >= 15 is 0 Å². The first-order valence-electron chi connectivity index (χ1n) is 25.4. The third-order valence-electron chi connectivity index (χ3n) is 10.2. The van der Waals surface area contributed by atoms with Gasteiger partial charge in [-0.1, -0.05) is 182 Å². The molecule has 0 radical (unpaired) electrons. The first-order valence-corrected chi connectivity index (χ1v) is 25.4. The smallest absolute Gasteiger partial charge is 0.306 e. The second-order valence-corrected chi connectivity index (χ2v) is 16.3. The topological polar surface area (TPSA) is 78.9 Å². The van der Waals surface area contributed by atoms with Crippen molar-refractivity contribution in [1.29, 1.82) is 0 Å². The fraction of sp³-hybridized carbons (Fsp3) is 0.632. The van der Waals surface area contributed by atoms with Crippen LogP contribution in [-0.2, 0) is 28.6 Å². The van der Waals surface area contributed by atoms with Crippen molar-refractivity contribution in [2.45, 2.75) is 219 Å². The Kier molecular flexibility index (Phi) is 47.5. The zero-order chi connectivity index (χ0) is 45.8. The third-order valence-corrected chi connectivity index (χ3v) is 10.2. The van der Waals surface area contributed by atoms with Gasteiger partial charge in [-0.05, 0) is 122 Å². The molecule has 0 spiro atoms. The van der Waals surface area contributed by atoms with Gasteiger partial charge >= 0.3 is 17.9 Å². The molecule has 0 saturated carbocycles. The van der Waals surface area contributed by atoms with E-state index in [9.17, 15) is 14.4 Å². The molecule has 0 aliphatic carbocycles. The number of carbonyl (C=O) groups excluding carboxylic acids is 3. The molecule has 6 nitrogen and oxygen atoms in total. The quantitative estimate of drug-likeness (QED) is 0.0263. The Morgan fingerprint density at radius 3 is 1.08 bits per heavy atom. The van der Waals surface area contributed by atoms with Crippen LogP contribution >= 0.6 is 0 Å². The van der Waals surface area contributed by atoms with Gasteiger partial charge in [0.25, 0.3) is 0 Å². The van der Waals surface area contributed by atoms with Crippen molar-refractivity contribution in [3.63, 3.8) is 0 Å². The summed E-state index contributed by atoms with van der Waals surface area (Å²) in [5, 5.41) is 0. The molecule has 0 rings (SSSR count). The number of carbonyl (C=O) groups is 3. The number of hydrogen-bond donors (Lipinski definition) is 0. The van der Waals surface area contributed by atoms with Gasteiger partial charge in [-0.15, -0.1) is 0 Å². The Labute approximate surface area is 387 Å². The van der Waals surface area contributed by atoms with Crippen molar-refractivity contribution in [2.75, 3.05) is 13.2 Å². The minimum absolute atomic E-state index is 0.112. The molecule has 1 atom stereocenters. The summed E-state index contributed by atoms with van der Waals surface area (Å²) in [5.41, 5.74) is 0. The zero-order valence-electron chi connectivity index (χ0n) is 40.5. The molecule has 0 aliphatic rings. The van der Waals surface area contributed by atoms with Crippen LogP contribution in [0.3, 0.4) is 0 Å². The maximum Gasteiger partial charge on any atom is 0.306 e. The Morgan fingerprint density at radius 2 is 0.635 bits per heavy atom. The van der Waals surface area contributed by atoms with Crippen LogP contribution in [0.1, 0.15) is 213 Å². The van der Waals surface area contributed by atoms with Gasteiger partial charge in [0.1, 0.15) is 13.2 Å². The second-order valence-electron chi connectivity index (χ2n) is 16.3. The van der Waals surface area contributed by atoms with Crippen molar-refractivity contribution in [3.05, 3.63) is 109 Å². The summed E-state index contributed by atoms with van der Waals surface area (Å²) in [4.78, 5) is 37.9. The van der Waals surface area contributed by atoms with E-state index in [1.54, 1.807) is 0 Å². The Morgan fingerprint density at radius 1 is 0.333 bits per heavy atom. The highest BCUT2D eigenvalue weighted by Crippen LogP contribution is 2.12. The van der Waals surface area contributed by atoms with Crippen LogP contribution in [0.4, 0.5) is 0 Å². The normalized spacial score (nSPS) is 13.0. The molecule has 0 heterocycles. The van der Waals surface area contributed by atoms with Gasteiger partial charge in [0, 0.05) is 19.3 Å². The molecule has 0 N–H and O–H groups in total. The highest BCUT2D eigenvalue weighted by Gasteiger charge is 2.19. The van der Waals surface area contributed by atoms with E-state index in [1.807, 2.05) is 0 Å². The van der Waals surface area contributed by atoms with E-state index in [0.29, 0.717) is 19.3 Å². The maximum atomic E-state index is 12.8. The fourth-order valence-electron chi connectivity index (χ4n) is 6.39. The molecular weight excluding hydrogens is 781 g/mol. The lowest BCUT2D eigenvalue weighted by molar-refractivity contribution is -0.167. The lowest BCUT2D eigenvalue weighted by Crippen LogP contribution is -2.30. The van der Waals surface area contributed by atoms with Gasteiger partial charge in [0.2, 0.25) is 0 Å². The second kappa shape index (κ2) is 50.7. The van der Waals surface area contributed by atoms with Crippen LogP contribution in [0.25, 0.3) is 0 Å². The number of allylic oxidation sites excluding steroid dienone is 18. The van der Waals surface area contributed by atoms with Gasteiger partial charge in [0.05, 0.1) is 0 Å². The first-order chi connectivity index (χ1) is 31.0. The van der Waals surface area contributed by atoms with E-state index in [-0.39, 0.29) is 37.5 Å². The maximum absolute atomic E-state index is 12.8. The molecule has 0 amide bonds. The van der Waals surface area contributed by atoms with Crippen LogP contribution in [0.5, 0.6) is 0 Å². The van der Waals surface area contributed by atoms with Gasteiger partial charge in [-0.2, -0.15) is 0 Å². The summed E-state index contributed by atoms with van der Waals surface area (Å²) < 4.78 is 16.7. The van der Waals surface area contributed by atoms with Crippen LogP contribution in [0.2, 0.25) is 0 Å². The molecular formula is C57H92O6. The Hall–Kier alpha value is -3.93. The van der Waals surface area contributed by atoms with Crippen LogP contribution in [0.15, 0.2) is 109 Å². The zero-order valence-corrected chi connectivity index (χ0v) is 40.5. The van der Waals surface area contributed by atoms with Gasteiger partial charge < -0.3 is 14.2 Å². The van der Waals surface area contributed by atoms with Crippen molar-refractivity contribution >= 4 is 17.9 Å². The standard InChI is InChI=1S/C57H92O6/c1-4-7-10-13-16-19-22-24-26-27-28-29-31-32-35-38-41-44-47-50-56(59)62-53-54(52-61-55(58)49-46-43-40-37-34-21-18-15-12-9-6-3)63-57(60)51-48-45-42-39-36-33-30-25-23-20-17-14-11-8-5-2/h8,11,15-20,24-26,28-30,32,35-36,39,54H,4-7,9-10,12-14,21-23,27,31,33-34,37-38,40-53H2,1-3H3/b11-8-,18-15-,19-16-,20-17-,26-24-,29-28-,30-25-,35-32-,39-36-/t54-/m0/s1. The first kappa shape index (κ1) is 59.1. The molecule has 0 saturated heterocycles. The summed E-state index contributed by atoms with van der Waals surface area (Å²) in [7, 11) is 0. The number of esters is 3. The largest absolute Gasteiger partial charge is 0.462 e. The van der Waals surface area contributed by atoms with Crippen molar-refractivity contribution < 1.29 is 28.6 Å². The average Bonchev–Trinajstić information content (AvgIpc) is 3.28. The monoisotopic (exact) mass is 873 g/mol. The lowest BCUT2D eigenvalue weighted by Gasteiger charge is -2.18. The predicted octanol–water partition coefficient (Wildman–Crippen LogP) is 16.8. The third kappa shape index (κ3) is 49.0. The number of hydrogen-bond acceptors (Lipinski definition) is 6. The lowest BCUT2D eigenvalue weighted by atomic mass is 10.1. The molecule has 0 bridgehead atoms. The van der Waals surface area contributed by atoms with E-state index in [2.05, 4.69) is 130 Å². The van der Waals surface area contributed by atoms with E-state index in [0.717, 1.165) is 116 Å². The molecule has 356 valence electrons. The van der Waals surface area contributed by atoms with Crippen molar-refractivity contribution in [2.24, 2.45) is 0 Å². The van der Waals surface area contributed by atoms with E-state index in [1.165, 1.54) is 51.4 Å². The summed E-state index contributed by atoms with van der Waals surface area (Å²) in [6.07, 6.45) is 67.9. The Bertz CT molecular complexity index is 1330. The van der Waals surface area contributed by atoms with Crippen LogP contribution in [-0.4, -0.2) is 37.2 Å². The highest BCUT2D eigenvalue weighted by atomic mass is 16.6.